The van der Waals surface area contributed by atoms with Crippen molar-refractivity contribution in [2.75, 3.05) is 65.7 Å². The van der Waals surface area contributed by atoms with Crippen LogP contribution < -0.4 is 10.6 Å². The van der Waals surface area contributed by atoms with E-state index in [4.69, 9.17) is 9.47 Å². The van der Waals surface area contributed by atoms with Crippen LogP contribution in [0.1, 0.15) is 55.3 Å². The molecule has 0 bridgehead atoms. The fourth-order valence-electron chi connectivity index (χ4n) is 6.78. The topological polar surface area (TPSA) is 121 Å². The summed E-state index contributed by atoms with van der Waals surface area (Å²) in [7, 11) is 0. The van der Waals surface area contributed by atoms with Gasteiger partial charge in [-0.1, -0.05) is 0 Å². The molecular formula is C31H42F3N5O6. The monoisotopic (exact) mass is 637 g/mol. The van der Waals surface area contributed by atoms with Gasteiger partial charge in [0, 0.05) is 63.7 Å². The minimum absolute atomic E-state index is 0.0835. The quantitative estimate of drug-likeness (QED) is 0.505. The van der Waals surface area contributed by atoms with Gasteiger partial charge in [-0.05, 0) is 49.9 Å². The number of rotatable bonds is 2. The van der Waals surface area contributed by atoms with Gasteiger partial charge in [0.05, 0.1) is 31.8 Å². The van der Waals surface area contributed by atoms with E-state index in [1.165, 1.54) is 29.2 Å². The number of hydrogen-bond donors (Lipinski definition) is 2. The highest BCUT2D eigenvalue weighted by atomic mass is 19.3. The van der Waals surface area contributed by atoms with Crippen molar-refractivity contribution in [3.8, 4) is 0 Å². The lowest BCUT2D eigenvalue weighted by Crippen LogP contribution is -2.64. The summed E-state index contributed by atoms with van der Waals surface area (Å²) in [5.41, 5.74) is -0.646. The predicted octanol–water partition coefficient (Wildman–Crippen LogP) is 1.56. The molecule has 45 heavy (non-hydrogen) atoms. The lowest BCUT2D eigenvalue weighted by molar-refractivity contribution is -0.147. The smallest absolute Gasteiger partial charge is 0.253 e. The molecule has 0 aromatic heterocycles. The first-order valence-corrected chi connectivity index (χ1v) is 15.7. The van der Waals surface area contributed by atoms with Crippen LogP contribution in [-0.4, -0.2) is 128 Å². The van der Waals surface area contributed by atoms with Crippen molar-refractivity contribution in [3.63, 3.8) is 0 Å². The Labute approximate surface area is 260 Å². The predicted molar refractivity (Wildman–Crippen MR) is 156 cm³/mol. The van der Waals surface area contributed by atoms with Crippen LogP contribution >= 0.6 is 0 Å². The number of ether oxygens (including phenoxy) is 2. The molecule has 1 aliphatic carbocycles. The van der Waals surface area contributed by atoms with Crippen LogP contribution in [0.3, 0.4) is 0 Å². The molecule has 0 unspecified atom stereocenters. The van der Waals surface area contributed by atoms with E-state index in [1.54, 1.807) is 4.90 Å². The third-order valence-corrected chi connectivity index (χ3v) is 9.38. The summed E-state index contributed by atoms with van der Waals surface area (Å²) in [6.45, 7) is 2.02. The van der Waals surface area contributed by atoms with Gasteiger partial charge in [0.2, 0.25) is 23.6 Å². The molecule has 11 nitrogen and oxygen atoms in total. The highest BCUT2D eigenvalue weighted by Gasteiger charge is 2.45. The third kappa shape index (κ3) is 8.53. The molecule has 1 aromatic rings. The van der Waals surface area contributed by atoms with Gasteiger partial charge in [0.1, 0.15) is 18.5 Å². The molecule has 1 spiro atoms. The Balaban J connectivity index is 1.32. The number of carbonyl (C=O) groups excluding carboxylic acids is 4. The molecule has 3 aliphatic heterocycles. The van der Waals surface area contributed by atoms with E-state index >= 15 is 0 Å². The van der Waals surface area contributed by atoms with Crippen LogP contribution in [0.25, 0.3) is 0 Å². The summed E-state index contributed by atoms with van der Waals surface area (Å²) in [5, 5.41) is 5.86. The molecule has 5 rings (SSSR count). The number of nitrogens with one attached hydrogen (secondary N) is 2. The first kappa shape index (κ1) is 33.1. The number of likely N-dealkylation sites (tertiary alicyclic amines) is 1. The van der Waals surface area contributed by atoms with Crippen molar-refractivity contribution in [3.05, 3.63) is 35.6 Å². The molecular weight excluding hydrogens is 595 g/mol. The fraction of sp³-hybridized carbons (Fsp3) is 0.677. The number of fused-ring (bicyclic) bond motifs is 1. The number of nitrogens with zero attached hydrogens (tertiary/aromatic N) is 3. The zero-order valence-corrected chi connectivity index (χ0v) is 25.4. The van der Waals surface area contributed by atoms with Gasteiger partial charge in [-0.25, -0.2) is 13.2 Å². The van der Waals surface area contributed by atoms with Gasteiger partial charge in [0.25, 0.3) is 5.91 Å². The summed E-state index contributed by atoms with van der Waals surface area (Å²) in [4.78, 5) is 58.7. The van der Waals surface area contributed by atoms with Crippen molar-refractivity contribution in [2.24, 2.45) is 0 Å². The average Bonchev–Trinajstić information content (AvgIpc) is 3.02. The molecule has 1 saturated carbocycles. The molecule has 1 atom stereocenters. The molecule has 4 fully saturated rings. The lowest BCUT2D eigenvalue weighted by atomic mass is 9.83. The maximum Gasteiger partial charge on any atom is 0.253 e. The van der Waals surface area contributed by atoms with Crippen molar-refractivity contribution in [1.29, 1.82) is 0 Å². The number of alkyl halides is 2. The van der Waals surface area contributed by atoms with Gasteiger partial charge in [-0.15, -0.1) is 0 Å². The van der Waals surface area contributed by atoms with E-state index < -0.39 is 29.2 Å². The van der Waals surface area contributed by atoms with E-state index in [-0.39, 0.29) is 115 Å². The van der Waals surface area contributed by atoms with E-state index in [9.17, 15) is 32.3 Å². The van der Waals surface area contributed by atoms with Crippen molar-refractivity contribution >= 4 is 23.6 Å². The fourth-order valence-corrected chi connectivity index (χ4v) is 6.78. The number of hydrogen-bond acceptors (Lipinski definition) is 7. The van der Waals surface area contributed by atoms with E-state index in [1.807, 2.05) is 4.90 Å². The lowest BCUT2D eigenvalue weighted by Gasteiger charge is -2.47. The van der Waals surface area contributed by atoms with Crippen LogP contribution in [0.15, 0.2) is 24.3 Å². The van der Waals surface area contributed by atoms with E-state index in [0.29, 0.717) is 24.9 Å². The number of carbonyl (C=O) groups is 4. The number of piperidine rings is 1. The molecule has 4 amide bonds. The standard InChI is InChI=1S/C31H42F3N5O6/c32-23-3-1-22(2-4-23)29(43)37-12-9-30(10-13-37)19-27(41)39-15-14-38(24-5-7-31(33,34)8-6-24)20-25(39)28(42)35-11-16-44-17-18-45-21-26(40)36-30/h1-4,24-25H,5-21H2,(H,35,42)(H,36,40)/t25-/m0/s1. The Kier molecular flexibility index (Phi) is 10.7. The molecule has 14 heteroatoms. The van der Waals surface area contributed by atoms with Crippen LogP contribution in [0.5, 0.6) is 0 Å². The summed E-state index contributed by atoms with van der Waals surface area (Å²) in [6, 6.07) is 4.36. The summed E-state index contributed by atoms with van der Waals surface area (Å²) in [6.07, 6.45) is 0.747. The number of benzene rings is 1. The average molecular weight is 638 g/mol. The highest BCUT2D eigenvalue weighted by Crippen LogP contribution is 2.36. The summed E-state index contributed by atoms with van der Waals surface area (Å²) < 4.78 is 52.1. The number of halogens is 3. The van der Waals surface area contributed by atoms with Gasteiger partial charge in [-0.3, -0.25) is 24.1 Å². The van der Waals surface area contributed by atoms with Gasteiger partial charge in [0.15, 0.2) is 0 Å². The Bertz CT molecular complexity index is 1220. The Hall–Kier alpha value is -3.23. The van der Waals surface area contributed by atoms with Crippen molar-refractivity contribution in [1.82, 2.24) is 25.3 Å². The largest absolute Gasteiger partial charge is 0.377 e. The SMILES string of the molecule is O=C1COCCOCCNC(=O)[C@@H]2CN(C3CCC(F)(F)CC3)CCN2C(=O)CC2(CCN(C(=O)c3ccc(F)cc3)CC2)N1. The van der Waals surface area contributed by atoms with E-state index in [0.717, 1.165) is 0 Å². The zero-order valence-electron chi connectivity index (χ0n) is 25.4. The Morgan fingerprint density at radius 2 is 1.58 bits per heavy atom. The molecule has 2 N–H and O–H groups in total. The van der Waals surface area contributed by atoms with Crippen LogP contribution in [0.4, 0.5) is 13.2 Å². The molecule has 3 heterocycles. The second kappa shape index (κ2) is 14.5. The number of piperazine rings is 1. The Morgan fingerprint density at radius 3 is 2.29 bits per heavy atom. The van der Waals surface area contributed by atoms with E-state index in [2.05, 4.69) is 10.6 Å². The highest BCUT2D eigenvalue weighted by molar-refractivity contribution is 5.94. The number of amides is 4. The summed E-state index contributed by atoms with van der Waals surface area (Å²) in [5.74, 6) is -4.45. The minimum Gasteiger partial charge on any atom is -0.377 e. The maximum atomic E-state index is 14.0. The first-order chi connectivity index (χ1) is 21.5. The molecule has 3 saturated heterocycles. The second-order valence-corrected chi connectivity index (χ2v) is 12.4. The van der Waals surface area contributed by atoms with Gasteiger partial charge >= 0.3 is 0 Å². The van der Waals surface area contributed by atoms with Gasteiger partial charge < -0.3 is 29.9 Å². The van der Waals surface area contributed by atoms with Crippen molar-refractivity contribution in [2.45, 2.75) is 68.5 Å². The Morgan fingerprint density at radius 1 is 0.889 bits per heavy atom. The van der Waals surface area contributed by atoms with Crippen LogP contribution in [0, 0.1) is 5.82 Å². The third-order valence-electron chi connectivity index (χ3n) is 9.38. The minimum atomic E-state index is -2.67. The molecule has 0 radical (unpaired) electrons. The summed E-state index contributed by atoms with van der Waals surface area (Å²) >= 11 is 0. The second-order valence-electron chi connectivity index (χ2n) is 12.4. The zero-order chi connectivity index (χ0) is 32.0. The van der Waals surface area contributed by atoms with Crippen molar-refractivity contribution < 1.29 is 41.8 Å². The van der Waals surface area contributed by atoms with Crippen LogP contribution in [0.2, 0.25) is 0 Å². The molecule has 4 aliphatic rings. The maximum absolute atomic E-state index is 14.0. The normalized spacial score (nSPS) is 26.2. The first-order valence-electron chi connectivity index (χ1n) is 15.7. The van der Waals surface area contributed by atoms with Gasteiger partial charge in [-0.2, -0.15) is 0 Å². The molecule has 248 valence electrons. The molecule has 1 aromatic carbocycles. The van der Waals surface area contributed by atoms with Crippen LogP contribution in [-0.2, 0) is 23.9 Å².